The molecule has 0 spiro atoms. The van der Waals surface area contributed by atoms with E-state index in [1.807, 2.05) is 0 Å². The Hall–Kier alpha value is -1.03. The van der Waals surface area contributed by atoms with Gasteiger partial charge >= 0.3 is 6.18 Å². The first-order valence-corrected chi connectivity index (χ1v) is 4.25. The van der Waals surface area contributed by atoms with E-state index >= 15 is 0 Å². The van der Waals surface area contributed by atoms with Gasteiger partial charge in [-0.3, -0.25) is 0 Å². The number of hydrogen-bond donors (Lipinski definition) is 1. The summed E-state index contributed by atoms with van der Waals surface area (Å²) >= 11 is 0. The molecule has 0 aliphatic heterocycles. The van der Waals surface area contributed by atoms with E-state index in [0.29, 0.717) is 5.56 Å². The predicted octanol–water partition coefficient (Wildman–Crippen LogP) is 3.03. The molecule has 0 aliphatic rings. The average molecular weight is 203 g/mol. The second-order valence-corrected chi connectivity index (χ2v) is 3.36. The Bertz CT molecular complexity index is 329. The van der Waals surface area contributed by atoms with Crippen molar-refractivity contribution in [2.75, 3.05) is 0 Å². The number of rotatable bonds is 1. The Kier molecular flexibility index (Phi) is 2.85. The summed E-state index contributed by atoms with van der Waals surface area (Å²) in [5.41, 5.74) is 6.24. The first-order chi connectivity index (χ1) is 6.32. The Morgan fingerprint density at radius 1 is 1.29 bits per heavy atom. The number of halogens is 3. The standard InChI is InChI=1S/C10H12F3N/c1-6-3-4-8(10(11,12)13)5-9(6)7(2)14/h3-5,7H,14H2,1-2H3. The fourth-order valence-electron chi connectivity index (χ4n) is 1.31. The van der Waals surface area contributed by atoms with Gasteiger partial charge in [-0.05, 0) is 37.1 Å². The van der Waals surface area contributed by atoms with Crippen molar-refractivity contribution in [3.05, 3.63) is 34.9 Å². The summed E-state index contributed by atoms with van der Waals surface area (Å²) in [6.07, 6.45) is -4.29. The maximum atomic E-state index is 12.3. The lowest BCUT2D eigenvalue weighted by Gasteiger charge is -2.13. The summed E-state index contributed by atoms with van der Waals surface area (Å²) in [4.78, 5) is 0. The maximum Gasteiger partial charge on any atom is 0.416 e. The highest BCUT2D eigenvalue weighted by Gasteiger charge is 2.30. The Balaban J connectivity index is 3.20. The lowest BCUT2D eigenvalue weighted by Crippen LogP contribution is -2.11. The molecule has 0 aliphatic carbocycles. The third-order valence-corrected chi connectivity index (χ3v) is 2.10. The number of hydrogen-bond acceptors (Lipinski definition) is 1. The van der Waals surface area contributed by atoms with Gasteiger partial charge in [0.2, 0.25) is 0 Å². The van der Waals surface area contributed by atoms with E-state index in [9.17, 15) is 13.2 Å². The molecule has 4 heteroatoms. The van der Waals surface area contributed by atoms with Gasteiger partial charge in [-0.25, -0.2) is 0 Å². The molecule has 1 aromatic rings. The fraction of sp³-hybridized carbons (Fsp3) is 0.400. The topological polar surface area (TPSA) is 26.0 Å². The first-order valence-electron chi connectivity index (χ1n) is 4.25. The SMILES string of the molecule is Cc1ccc(C(F)(F)F)cc1C(C)N. The zero-order chi connectivity index (χ0) is 10.9. The van der Waals surface area contributed by atoms with Gasteiger partial charge in [0.25, 0.3) is 0 Å². The molecule has 1 rings (SSSR count). The van der Waals surface area contributed by atoms with E-state index in [4.69, 9.17) is 5.73 Å². The zero-order valence-corrected chi connectivity index (χ0v) is 8.02. The maximum absolute atomic E-state index is 12.3. The molecular formula is C10H12F3N. The number of benzene rings is 1. The van der Waals surface area contributed by atoms with Crippen LogP contribution in [0.5, 0.6) is 0 Å². The molecule has 1 nitrogen and oxygen atoms in total. The van der Waals surface area contributed by atoms with E-state index in [1.54, 1.807) is 13.8 Å². The molecular weight excluding hydrogens is 191 g/mol. The number of nitrogens with two attached hydrogens (primary N) is 1. The smallest absolute Gasteiger partial charge is 0.324 e. The molecule has 0 saturated heterocycles. The minimum atomic E-state index is -4.29. The molecule has 14 heavy (non-hydrogen) atoms. The third kappa shape index (κ3) is 2.26. The summed E-state index contributed by atoms with van der Waals surface area (Å²) < 4.78 is 37.0. The van der Waals surface area contributed by atoms with Crippen molar-refractivity contribution in [1.82, 2.24) is 0 Å². The first kappa shape index (κ1) is 11.0. The van der Waals surface area contributed by atoms with Crippen molar-refractivity contribution in [2.45, 2.75) is 26.1 Å². The van der Waals surface area contributed by atoms with Gasteiger partial charge in [0.05, 0.1) is 5.56 Å². The van der Waals surface area contributed by atoms with E-state index < -0.39 is 11.7 Å². The summed E-state index contributed by atoms with van der Waals surface area (Å²) in [6, 6.07) is 3.25. The second kappa shape index (κ2) is 3.61. The van der Waals surface area contributed by atoms with Crippen molar-refractivity contribution in [3.8, 4) is 0 Å². The monoisotopic (exact) mass is 203 g/mol. The van der Waals surface area contributed by atoms with Gasteiger partial charge in [-0.2, -0.15) is 13.2 Å². The molecule has 1 atom stereocenters. The van der Waals surface area contributed by atoms with Crippen molar-refractivity contribution < 1.29 is 13.2 Å². The van der Waals surface area contributed by atoms with Crippen molar-refractivity contribution >= 4 is 0 Å². The summed E-state index contributed by atoms with van der Waals surface area (Å²) in [7, 11) is 0. The van der Waals surface area contributed by atoms with E-state index in [0.717, 1.165) is 17.7 Å². The molecule has 1 unspecified atom stereocenters. The van der Waals surface area contributed by atoms with Crippen LogP contribution < -0.4 is 5.73 Å². The van der Waals surface area contributed by atoms with Crippen molar-refractivity contribution in [3.63, 3.8) is 0 Å². The van der Waals surface area contributed by atoms with Gasteiger partial charge in [0, 0.05) is 6.04 Å². The van der Waals surface area contributed by atoms with Gasteiger partial charge < -0.3 is 5.73 Å². The quantitative estimate of drug-likeness (QED) is 0.745. The molecule has 1 aromatic carbocycles. The van der Waals surface area contributed by atoms with Gasteiger partial charge in [0.15, 0.2) is 0 Å². The van der Waals surface area contributed by atoms with Crippen molar-refractivity contribution in [2.24, 2.45) is 5.73 Å². The summed E-state index contributed by atoms with van der Waals surface area (Å²) in [5, 5.41) is 0. The second-order valence-electron chi connectivity index (χ2n) is 3.36. The molecule has 78 valence electrons. The minimum Gasteiger partial charge on any atom is -0.324 e. The number of aryl methyl sites for hydroxylation is 1. The predicted molar refractivity (Wildman–Crippen MR) is 48.8 cm³/mol. The van der Waals surface area contributed by atoms with Crippen LogP contribution in [-0.2, 0) is 6.18 Å². The van der Waals surface area contributed by atoms with Crippen LogP contribution in [0.3, 0.4) is 0 Å². The van der Waals surface area contributed by atoms with Crippen LogP contribution in [0.25, 0.3) is 0 Å². The Morgan fingerprint density at radius 2 is 1.86 bits per heavy atom. The molecule has 2 N–H and O–H groups in total. The van der Waals surface area contributed by atoms with E-state index in [-0.39, 0.29) is 6.04 Å². The average Bonchev–Trinajstić information content (AvgIpc) is 2.02. The van der Waals surface area contributed by atoms with Crippen LogP contribution in [-0.4, -0.2) is 0 Å². The lowest BCUT2D eigenvalue weighted by atomic mass is 10.00. The Labute approximate surface area is 80.7 Å². The van der Waals surface area contributed by atoms with Crippen LogP contribution >= 0.6 is 0 Å². The molecule has 0 amide bonds. The van der Waals surface area contributed by atoms with E-state index in [2.05, 4.69) is 0 Å². The molecule has 0 bridgehead atoms. The fourth-order valence-corrected chi connectivity index (χ4v) is 1.31. The molecule has 0 radical (unpaired) electrons. The van der Waals surface area contributed by atoms with Gasteiger partial charge in [-0.15, -0.1) is 0 Å². The van der Waals surface area contributed by atoms with Crippen LogP contribution in [0.15, 0.2) is 18.2 Å². The van der Waals surface area contributed by atoms with Crippen LogP contribution in [0.1, 0.15) is 29.7 Å². The largest absolute Gasteiger partial charge is 0.416 e. The Morgan fingerprint density at radius 3 is 2.29 bits per heavy atom. The van der Waals surface area contributed by atoms with Crippen LogP contribution in [0, 0.1) is 6.92 Å². The number of alkyl halides is 3. The summed E-state index contributed by atoms with van der Waals surface area (Å²) in [6.45, 7) is 3.42. The summed E-state index contributed by atoms with van der Waals surface area (Å²) in [5.74, 6) is 0. The third-order valence-electron chi connectivity index (χ3n) is 2.10. The highest BCUT2D eigenvalue weighted by atomic mass is 19.4. The lowest BCUT2D eigenvalue weighted by molar-refractivity contribution is -0.137. The molecule has 0 fully saturated rings. The zero-order valence-electron chi connectivity index (χ0n) is 8.02. The normalized spacial score (nSPS) is 14.1. The highest BCUT2D eigenvalue weighted by Crippen LogP contribution is 2.31. The van der Waals surface area contributed by atoms with Crippen molar-refractivity contribution in [1.29, 1.82) is 0 Å². The molecule has 0 aromatic heterocycles. The van der Waals surface area contributed by atoms with Gasteiger partial charge in [-0.1, -0.05) is 6.07 Å². The van der Waals surface area contributed by atoms with Crippen LogP contribution in [0.2, 0.25) is 0 Å². The minimum absolute atomic E-state index is 0.378. The highest BCUT2D eigenvalue weighted by molar-refractivity contribution is 5.34. The van der Waals surface area contributed by atoms with Gasteiger partial charge in [0.1, 0.15) is 0 Å². The molecule has 0 saturated carbocycles. The van der Waals surface area contributed by atoms with Crippen LogP contribution in [0.4, 0.5) is 13.2 Å². The molecule has 0 heterocycles. The van der Waals surface area contributed by atoms with E-state index in [1.165, 1.54) is 6.07 Å².